The van der Waals surface area contributed by atoms with Crippen LogP contribution in [-0.2, 0) is 0 Å². The van der Waals surface area contributed by atoms with Crippen molar-refractivity contribution in [3.8, 4) is 0 Å². The second-order valence-electron chi connectivity index (χ2n) is 4.24. The molecule has 0 saturated carbocycles. The third-order valence-corrected chi connectivity index (χ3v) is 3.07. The molecule has 0 aromatic heterocycles. The molecule has 0 bridgehead atoms. The van der Waals surface area contributed by atoms with Crippen LogP contribution < -0.4 is 10.9 Å². The number of hydrogen-bond acceptors (Lipinski definition) is 0. The van der Waals surface area contributed by atoms with E-state index in [0.717, 1.165) is 7.28 Å². The van der Waals surface area contributed by atoms with Crippen molar-refractivity contribution < 1.29 is 0 Å². The summed E-state index contributed by atoms with van der Waals surface area (Å²) in [6.07, 6.45) is 4.41. The first-order valence-electron chi connectivity index (χ1n) is 6.13. The molecule has 82 valence electrons. The van der Waals surface area contributed by atoms with Gasteiger partial charge >= 0.3 is 0 Å². The summed E-state index contributed by atoms with van der Waals surface area (Å²) in [7, 11) is 3.22. The van der Waals surface area contributed by atoms with Crippen LogP contribution in [-0.4, -0.2) is 15.1 Å². The molecule has 17 heavy (non-hydrogen) atoms. The van der Waals surface area contributed by atoms with Gasteiger partial charge in [0.2, 0.25) is 0 Å². The highest BCUT2D eigenvalue weighted by molar-refractivity contribution is 6.53. The van der Waals surface area contributed by atoms with Crippen molar-refractivity contribution in [2.45, 2.75) is 6.82 Å². The van der Waals surface area contributed by atoms with Crippen LogP contribution in [0.4, 0.5) is 0 Å². The van der Waals surface area contributed by atoms with Crippen molar-refractivity contribution in [3.05, 3.63) is 59.7 Å². The first kappa shape index (κ1) is 11.8. The summed E-state index contributed by atoms with van der Waals surface area (Å²) in [5.74, 6) is 0. The van der Waals surface area contributed by atoms with Gasteiger partial charge in [0.05, 0.1) is 0 Å². The quantitative estimate of drug-likeness (QED) is 0.536. The molecule has 0 aliphatic heterocycles. The molecule has 0 spiro atoms. The average molecular weight is 218 g/mol. The fraction of sp³-hybridized carbons (Fsp3) is 0.0667. The van der Waals surface area contributed by atoms with Crippen LogP contribution in [0.5, 0.6) is 0 Å². The first-order chi connectivity index (χ1) is 8.31. The van der Waals surface area contributed by atoms with Crippen molar-refractivity contribution in [2.24, 2.45) is 0 Å². The predicted octanol–water partition coefficient (Wildman–Crippen LogP) is 1.23. The standard InChI is InChI=1S/C15H16B2/c1-17-15-9-5-3-7-13(15)11-10-12-6-2-4-8-14(12)16/h2-11,17H,16H2,1H3/b11-10-. The van der Waals surface area contributed by atoms with E-state index in [4.69, 9.17) is 0 Å². The lowest BCUT2D eigenvalue weighted by atomic mass is 9.71. The van der Waals surface area contributed by atoms with Crippen molar-refractivity contribution in [1.29, 1.82) is 0 Å². The molecule has 2 aromatic rings. The van der Waals surface area contributed by atoms with Gasteiger partial charge in [-0.05, 0) is 11.1 Å². The molecule has 0 heterocycles. The van der Waals surface area contributed by atoms with E-state index < -0.39 is 0 Å². The fourth-order valence-electron chi connectivity index (χ4n) is 1.97. The molecule has 0 fully saturated rings. The van der Waals surface area contributed by atoms with Crippen LogP contribution in [0.3, 0.4) is 0 Å². The highest BCUT2D eigenvalue weighted by Crippen LogP contribution is 2.04. The Bertz CT molecular complexity index is 530. The van der Waals surface area contributed by atoms with E-state index in [1.54, 1.807) is 0 Å². The molecule has 0 aliphatic carbocycles. The minimum Gasteiger partial charge on any atom is -0.0849 e. The van der Waals surface area contributed by atoms with Gasteiger partial charge in [0.15, 0.2) is 7.28 Å². The van der Waals surface area contributed by atoms with E-state index in [1.807, 2.05) is 0 Å². The molecule has 0 radical (unpaired) electrons. The topological polar surface area (TPSA) is 0 Å². The number of rotatable bonds is 3. The number of benzene rings is 2. The lowest BCUT2D eigenvalue weighted by Gasteiger charge is -2.03. The highest BCUT2D eigenvalue weighted by Gasteiger charge is 1.96. The van der Waals surface area contributed by atoms with Gasteiger partial charge < -0.3 is 0 Å². The Morgan fingerprint density at radius 3 is 2.18 bits per heavy atom. The van der Waals surface area contributed by atoms with Crippen LogP contribution in [0.1, 0.15) is 11.1 Å². The maximum absolute atomic E-state index is 2.21. The van der Waals surface area contributed by atoms with Crippen molar-refractivity contribution in [3.63, 3.8) is 0 Å². The zero-order valence-electron chi connectivity index (χ0n) is 10.5. The zero-order chi connectivity index (χ0) is 12.1. The second-order valence-corrected chi connectivity index (χ2v) is 4.24. The molecule has 0 aliphatic rings. The van der Waals surface area contributed by atoms with Gasteiger partial charge in [0.25, 0.3) is 0 Å². The third-order valence-electron chi connectivity index (χ3n) is 3.07. The lowest BCUT2D eigenvalue weighted by Crippen LogP contribution is -2.13. The molecule has 0 nitrogen and oxygen atoms in total. The molecule has 2 aromatic carbocycles. The molecule has 2 rings (SSSR count). The summed E-state index contributed by atoms with van der Waals surface area (Å²) >= 11 is 0. The van der Waals surface area contributed by atoms with Crippen LogP contribution in [0, 0.1) is 0 Å². The fourth-order valence-corrected chi connectivity index (χ4v) is 1.97. The summed E-state index contributed by atoms with van der Waals surface area (Å²) in [4.78, 5) is 0. The second kappa shape index (κ2) is 5.58. The summed E-state index contributed by atoms with van der Waals surface area (Å²) in [6.45, 7) is 2.19. The van der Waals surface area contributed by atoms with E-state index >= 15 is 0 Å². The van der Waals surface area contributed by atoms with Gasteiger partial charge in [0, 0.05) is 0 Å². The third kappa shape index (κ3) is 2.91. The van der Waals surface area contributed by atoms with E-state index in [9.17, 15) is 0 Å². The summed E-state index contributed by atoms with van der Waals surface area (Å²) in [5.41, 5.74) is 5.33. The van der Waals surface area contributed by atoms with Gasteiger partial charge in [-0.15, -0.1) is 0 Å². The van der Waals surface area contributed by atoms with Gasteiger partial charge in [-0.25, -0.2) is 0 Å². The van der Waals surface area contributed by atoms with E-state index in [-0.39, 0.29) is 0 Å². The van der Waals surface area contributed by atoms with Crippen molar-refractivity contribution in [2.75, 3.05) is 0 Å². The Balaban J connectivity index is 2.29. The molecule has 0 saturated heterocycles. The van der Waals surface area contributed by atoms with Gasteiger partial charge in [-0.3, -0.25) is 0 Å². The maximum Gasteiger partial charge on any atom is 0.155 e. The Morgan fingerprint density at radius 2 is 1.47 bits per heavy atom. The monoisotopic (exact) mass is 218 g/mol. The summed E-state index contributed by atoms with van der Waals surface area (Å²) < 4.78 is 0. The molecule has 0 atom stereocenters. The largest absolute Gasteiger partial charge is 0.155 e. The smallest absolute Gasteiger partial charge is 0.0849 e. The van der Waals surface area contributed by atoms with Crippen LogP contribution in [0.2, 0.25) is 6.82 Å². The van der Waals surface area contributed by atoms with E-state index in [1.165, 1.54) is 22.1 Å². The number of hydrogen-bond donors (Lipinski definition) is 0. The lowest BCUT2D eigenvalue weighted by molar-refractivity contribution is 1.70. The molecular weight excluding hydrogens is 202 g/mol. The van der Waals surface area contributed by atoms with E-state index in [0.29, 0.717) is 0 Å². The minimum absolute atomic E-state index is 1.08. The van der Waals surface area contributed by atoms with Crippen molar-refractivity contribution in [1.82, 2.24) is 0 Å². The first-order valence-corrected chi connectivity index (χ1v) is 6.13. The Hall–Kier alpha value is -1.69. The molecule has 0 amide bonds. The molecule has 0 N–H and O–H groups in total. The van der Waals surface area contributed by atoms with Crippen LogP contribution in [0.15, 0.2) is 48.5 Å². The Labute approximate surface area is 105 Å². The van der Waals surface area contributed by atoms with E-state index in [2.05, 4.69) is 75.4 Å². The minimum atomic E-state index is 1.08. The summed E-state index contributed by atoms with van der Waals surface area (Å²) in [5, 5.41) is 0. The predicted molar refractivity (Wildman–Crippen MR) is 82.6 cm³/mol. The highest BCUT2D eigenvalue weighted by atomic mass is 14.0. The zero-order valence-corrected chi connectivity index (χ0v) is 10.5. The Morgan fingerprint density at radius 1 is 0.882 bits per heavy atom. The SMILES string of the molecule is Bc1ccccc1/C=C\c1ccccc1BC. The van der Waals surface area contributed by atoms with Crippen LogP contribution in [0.25, 0.3) is 12.2 Å². The Kier molecular flexibility index (Phi) is 3.87. The average Bonchev–Trinajstić information content (AvgIpc) is 2.38. The molecular formula is C15H16B2. The van der Waals surface area contributed by atoms with Crippen molar-refractivity contribution >= 4 is 38.2 Å². The van der Waals surface area contributed by atoms with Gasteiger partial charge in [-0.2, -0.15) is 0 Å². The van der Waals surface area contributed by atoms with Gasteiger partial charge in [0.1, 0.15) is 7.85 Å². The summed E-state index contributed by atoms with van der Waals surface area (Å²) in [6, 6.07) is 17.0. The molecule has 0 unspecified atom stereocenters. The normalized spacial score (nSPS) is 10.6. The van der Waals surface area contributed by atoms with Gasteiger partial charge in [-0.1, -0.05) is 78.4 Å². The van der Waals surface area contributed by atoms with Crippen LogP contribution >= 0.6 is 0 Å². The molecule has 2 heteroatoms. The maximum atomic E-state index is 2.21.